The summed E-state index contributed by atoms with van der Waals surface area (Å²) in [5.41, 5.74) is 9.97. The zero-order valence-electron chi connectivity index (χ0n) is 18.3. The molecular weight excluding hydrogens is 426 g/mol. The molecule has 3 aromatic rings. The van der Waals surface area contributed by atoms with Gasteiger partial charge in [-0.1, -0.05) is 6.07 Å². The van der Waals surface area contributed by atoms with E-state index in [1.54, 1.807) is 4.40 Å². The highest BCUT2D eigenvalue weighted by molar-refractivity contribution is 7.17. The largest absolute Gasteiger partial charge is 0.365 e. The topological polar surface area (TPSA) is 119 Å². The van der Waals surface area contributed by atoms with Crippen LogP contribution in [-0.4, -0.2) is 33.7 Å². The Bertz CT molecular complexity index is 1210. The van der Waals surface area contributed by atoms with Gasteiger partial charge in [0.25, 0.3) is 11.8 Å². The first-order chi connectivity index (χ1) is 15.4. The maximum atomic E-state index is 12.7. The Morgan fingerprint density at radius 1 is 1.22 bits per heavy atom. The van der Waals surface area contributed by atoms with Crippen molar-refractivity contribution in [3.05, 3.63) is 51.3 Å². The van der Waals surface area contributed by atoms with Gasteiger partial charge in [-0.2, -0.15) is 0 Å². The van der Waals surface area contributed by atoms with E-state index in [2.05, 4.69) is 15.6 Å². The molecule has 0 spiro atoms. The summed E-state index contributed by atoms with van der Waals surface area (Å²) in [6, 6.07) is 3.84. The number of carbonyl (C=O) groups is 3. The van der Waals surface area contributed by atoms with Crippen LogP contribution in [0.5, 0.6) is 0 Å². The number of aromatic nitrogens is 2. The Morgan fingerprint density at radius 3 is 2.78 bits per heavy atom. The summed E-state index contributed by atoms with van der Waals surface area (Å²) in [5, 5.41) is 6.28. The number of nitrogens with two attached hydrogens (primary N) is 1. The first-order valence-electron chi connectivity index (χ1n) is 10.8. The number of pyridine rings is 1. The molecule has 0 saturated carbocycles. The van der Waals surface area contributed by atoms with Gasteiger partial charge in [0.2, 0.25) is 5.91 Å². The number of hydrogen-bond donors (Lipinski definition) is 3. The average Bonchev–Trinajstić information content (AvgIpc) is 3.28. The average molecular weight is 454 g/mol. The molecule has 0 unspecified atom stereocenters. The molecule has 3 amide bonds. The van der Waals surface area contributed by atoms with Gasteiger partial charge in [-0.15, -0.1) is 11.3 Å². The van der Waals surface area contributed by atoms with Crippen molar-refractivity contribution in [2.75, 3.05) is 11.9 Å². The number of nitrogens with zero attached hydrogens (tertiary/aromatic N) is 2. The second-order valence-corrected chi connectivity index (χ2v) is 9.22. The summed E-state index contributed by atoms with van der Waals surface area (Å²) in [4.78, 5) is 42.7. The van der Waals surface area contributed by atoms with Gasteiger partial charge in [-0.3, -0.25) is 18.8 Å². The number of carbonyl (C=O) groups excluding carboxylic acids is 3. The van der Waals surface area contributed by atoms with Gasteiger partial charge in [0.1, 0.15) is 16.3 Å². The zero-order valence-corrected chi connectivity index (χ0v) is 19.1. The molecule has 0 bridgehead atoms. The number of hydrogen-bond acceptors (Lipinski definition) is 5. The molecule has 32 heavy (non-hydrogen) atoms. The normalized spacial score (nSPS) is 13.1. The fourth-order valence-electron chi connectivity index (χ4n) is 4.23. The van der Waals surface area contributed by atoms with E-state index in [-0.39, 0.29) is 18.2 Å². The van der Waals surface area contributed by atoms with Crippen LogP contribution in [-0.2, 0) is 17.6 Å². The molecule has 3 heterocycles. The third-order valence-corrected chi connectivity index (χ3v) is 6.98. The van der Waals surface area contributed by atoms with E-state index in [1.807, 2.05) is 32.2 Å². The minimum Gasteiger partial charge on any atom is -0.365 e. The number of aryl methyl sites for hydroxylation is 3. The Kier molecular flexibility index (Phi) is 6.27. The molecule has 4 rings (SSSR count). The maximum Gasteiger partial charge on any atom is 0.270 e. The minimum atomic E-state index is -0.495. The summed E-state index contributed by atoms with van der Waals surface area (Å²) in [7, 11) is 0. The lowest BCUT2D eigenvalue weighted by atomic mass is 9.95. The summed E-state index contributed by atoms with van der Waals surface area (Å²) in [5.74, 6) is -0.907. The second-order valence-electron chi connectivity index (χ2n) is 8.12. The molecule has 0 fully saturated rings. The lowest BCUT2D eigenvalue weighted by molar-refractivity contribution is -0.116. The molecule has 0 aromatic carbocycles. The molecule has 168 valence electrons. The van der Waals surface area contributed by atoms with Gasteiger partial charge < -0.3 is 16.4 Å². The lowest BCUT2D eigenvalue weighted by Crippen LogP contribution is -2.27. The molecule has 4 N–H and O–H groups in total. The van der Waals surface area contributed by atoms with Gasteiger partial charge >= 0.3 is 0 Å². The number of thiophene rings is 1. The van der Waals surface area contributed by atoms with Crippen LogP contribution in [0.25, 0.3) is 5.65 Å². The first kappa shape index (κ1) is 22.0. The molecule has 0 aliphatic heterocycles. The predicted octanol–water partition coefficient (Wildman–Crippen LogP) is 3.14. The number of rotatable bonds is 7. The zero-order chi connectivity index (χ0) is 22.8. The SMILES string of the molecule is Cc1nc2c(C)cccn2c1C(=O)NCCCC(=O)Nc1sc2c(c1C(N)=O)CCCC2. The molecular formula is C23H27N5O3S. The molecule has 0 saturated heterocycles. The fraction of sp³-hybridized carbons (Fsp3) is 0.391. The number of fused-ring (bicyclic) bond motifs is 2. The van der Waals surface area contributed by atoms with E-state index in [9.17, 15) is 14.4 Å². The van der Waals surface area contributed by atoms with E-state index >= 15 is 0 Å². The Hall–Kier alpha value is -3.20. The quantitative estimate of drug-likeness (QED) is 0.476. The Morgan fingerprint density at radius 2 is 2.00 bits per heavy atom. The van der Waals surface area contributed by atoms with Gasteiger partial charge in [0, 0.05) is 24.0 Å². The van der Waals surface area contributed by atoms with E-state index in [0.717, 1.165) is 47.3 Å². The van der Waals surface area contributed by atoms with E-state index in [4.69, 9.17) is 5.73 Å². The monoisotopic (exact) mass is 453 g/mol. The second kappa shape index (κ2) is 9.12. The first-order valence-corrected chi connectivity index (χ1v) is 11.6. The molecule has 9 heteroatoms. The van der Waals surface area contributed by atoms with Crippen molar-refractivity contribution in [2.45, 2.75) is 52.4 Å². The van der Waals surface area contributed by atoms with Crippen molar-refractivity contribution < 1.29 is 14.4 Å². The highest BCUT2D eigenvalue weighted by atomic mass is 32.1. The van der Waals surface area contributed by atoms with Gasteiger partial charge in [-0.25, -0.2) is 4.98 Å². The standard InChI is InChI=1S/C23H27N5O3S/c1-13-7-6-12-28-19(14(2)26-21(13)28)22(31)25-11-5-10-17(29)27-23-18(20(24)30)15-8-3-4-9-16(15)32-23/h6-7,12H,3-5,8-11H2,1-2H3,(H2,24,30)(H,25,31)(H,27,29). The summed E-state index contributed by atoms with van der Waals surface area (Å²) in [6.07, 6.45) is 6.39. The van der Waals surface area contributed by atoms with Crippen molar-refractivity contribution in [3.8, 4) is 0 Å². The minimum absolute atomic E-state index is 0.193. The van der Waals surface area contributed by atoms with Crippen LogP contribution in [0.3, 0.4) is 0 Å². The van der Waals surface area contributed by atoms with Crippen molar-refractivity contribution in [1.29, 1.82) is 0 Å². The van der Waals surface area contributed by atoms with Crippen LogP contribution < -0.4 is 16.4 Å². The van der Waals surface area contributed by atoms with E-state index < -0.39 is 5.91 Å². The predicted molar refractivity (Wildman–Crippen MR) is 124 cm³/mol. The number of imidazole rings is 1. The smallest absolute Gasteiger partial charge is 0.270 e. The van der Waals surface area contributed by atoms with Crippen LogP contribution in [0, 0.1) is 13.8 Å². The summed E-state index contributed by atoms with van der Waals surface area (Å²) < 4.78 is 1.79. The number of primary amides is 1. The van der Waals surface area contributed by atoms with Crippen molar-refractivity contribution >= 4 is 39.7 Å². The highest BCUT2D eigenvalue weighted by Gasteiger charge is 2.25. The Labute approximate surface area is 190 Å². The van der Waals surface area contributed by atoms with Crippen LogP contribution in [0.15, 0.2) is 18.3 Å². The Balaban J connectivity index is 1.33. The third-order valence-electron chi connectivity index (χ3n) is 5.77. The number of amides is 3. The molecule has 0 atom stereocenters. The molecule has 8 nitrogen and oxygen atoms in total. The molecule has 3 aromatic heterocycles. The van der Waals surface area contributed by atoms with Gasteiger partial charge in [-0.05, 0) is 63.1 Å². The maximum absolute atomic E-state index is 12.7. The van der Waals surface area contributed by atoms with Crippen LogP contribution in [0.2, 0.25) is 0 Å². The number of anilines is 1. The van der Waals surface area contributed by atoms with Crippen LogP contribution in [0.1, 0.15) is 68.2 Å². The van der Waals surface area contributed by atoms with E-state index in [0.29, 0.717) is 34.9 Å². The van der Waals surface area contributed by atoms with Crippen molar-refractivity contribution in [2.24, 2.45) is 5.73 Å². The van der Waals surface area contributed by atoms with E-state index in [1.165, 1.54) is 11.3 Å². The van der Waals surface area contributed by atoms with Crippen LogP contribution >= 0.6 is 11.3 Å². The summed E-state index contributed by atoms with van der Waals surface area (Å²) in [6.45, 7) is 4.12. The van der Waals surface area contributed by atoms with Gasteiger partial charge in [0.05, 0.1) is 11.3 Å². The highest BCUT2D eigenvalue weighted by Crippen LogP contribution is 2.37. The summed E-state index contributed by atoms with van der Waals surface area (Å²) >= 11 is 1.45. The number of nitrogens with one attached hydrogen (secondary N) is 2. The lowest BCUT2D eigenvalue weighted by Gasteiger charge is -2.11. The van der Waals surface area contributed by atoms with Crippen molar-refractivity contribution in [3.63, 3.8) is 0 Å². The van der Waals surface area contributed by atoms with Gasteiger partial charge in [0.15, 0.2) is 0 Å². The molecule has 1 aliphatic rings. The molecule has 1 aliphatic carbocycles. The molecule has 0 radical (unpaired) electrons. The van der Waals surface area contributed by atoms with Crippen LogP contribution in [0.4, 0.5) is 5.00 Å². The van der Waals surface area contributed by atoms with Crippen molar-refractivity contribution in [1.82, 2.24) is 14.7 Å². The third kappa shape index (κ3) is 4.25. The fourth-order valence-corrected chi connectivity index (χ4v) is 5.54.